The maximum absolute atomic E-state index is 13.3. The van der Waals surface area contributed by atoms with Crippen LogP contribution in [-0.2, 0) is 14.8 Å². The molecular weight excluding hydrogens is 486 g/mol. The highest BCUT2D eigenvalue weighted by atomic mass is 32.2. The van der Waals surface area contributed by atoms with Gasteiger partial charge in [-0.15, -0.1) is 11.8 Å². The lowest BCUT2D eigenvalue weighted by atomic mass is 10.1. The fourth-order valence-electron chi connectivity index (χ4n) is 3.66. The second-order valence-corrected chi connectivity index (χ2v) is 11.7. The van der Waals surface area contributed by atoms with Gasteiger partial charge in [0.25, 0.3) is 10.0 Å². The Balaban J connectivity index is 1.71. The highest BCUT2D eigenvalue weighted by Crippen LogP contribution is 2.40. The van der Waals surface area contributed by atoms with Crippen LogP contribution in [0.4, 0.5) is 5.69 Å². The number of carboxylic acid groups (broad SMARTS) is 1. The number of thioether (sulfide) groups is 1. The molecule has 0 amide bonds. The molecule has 0 atom stereocenters. The maximum Gasteiger partial charge on any atom is 0.313 e. The van der Waals surface area contributed by atoms with E-state index in [0.717, 1.165) is 22.5 Å². The molecule has 0 bridgehead atoms. The Morgan fingerprint density at radius 1 is 0.971 bits per heavy atom. The number of rotatable bonds is 7. The molecule has 0 saturated heterocycles. The van der Waals surface area contributed by atoms with Gasteiger partial charge in [0.15, 0.2) is 0 Å². The van der Waals surface area contributed by atoms with E-state index in [2.05, 4.69) is 4.72 Å². The molecule has 4 aromatic carbocycles. The summed E-state index contributed by atoms with van der Waals surface area (Å²) in [6, 6.07) is 18.6. The Kier molecular flexibility index (Phi) is 6.57. The Morgan fingerprint density at radius 2 is 1.63 bits per heavy atom. The number of phenols is 1. The van der Waals surface area contributed by atoms with E-state index in [1.54, 1.807) is 42.5 Å². The largest absolute Gasteiger partial charge is 0.506 e. The van der Waals surface area contributed by atoms with Crippen LogP contribution in [0.1, 0.15) is 20.8 Å². The smallest absolute Gasteiger partial charge is 0.313 e. The number of carboxylic acids is 1. The van der Waals surface area contributed by atoms with E-state index in [1.165, 1.54) is 12.1 Å². The highest BCUT2D eigenvalue weighted by molar-refractivity contribution is 8.00. The number of aliphatic carboxylic acids is 1. The summed E-state index contributed by atoms with van der Waals surface area (Å²) in [6.45, 7) is 5.87. The van der Waals surface area contributed by atoms with E-state index in [4.69, 9.17) is 9.84 Å². The number of hydrogen-bond donors (Lipinski definition) is 3. The van der Waals surface area contributed by atoms with E-state index in [-0.39, 0.29) is 32.6 Å². The molecule has 35 heavy (non-hydrogen) atoms. The van der Waals surface area contributed by atoms with E-state index in [0.29, 0.717) is 16.5 Å². The first-order chi connectivity index (χ1) is 16.4. The summed E-state index contributed by atoms with van der Waals surface area (Å²) in [4.78, 5) is 11.4. The molecule has 4 aromatic rings. The molecule has 9 heteroatoms. The molecule has 0 aliphatic carbocycles. The molecule has 0 aliphatic heterocycles. The van der Waals surface area contributed by atoms with Gasteiger partial charge in [-0.3, -0.25) is 9.52 Å². The van der Waals surface area contributed by atoms with Crippen LogP contribution in [0.25, 0.3) is 21.5 Å². The number of benzene rings is 4. The van der Waals surface area contributed by atoms with Gasteiger partial charge >= 0.3 is 5.97 Å². The summed E-state index contributed by atoms with van der Waals surface area (Å²) in [6.07, 6.45) is 0. The van der Waals surface area contributed by atoms with Gasteiger partial charge in [0, 0.05) is 10.8 Å². The Morgan fingerprint density at radius 3 is 2.31 bits per heavy atom. The molecule has 0 unspecified atom stereocenters. The number of ether oxygens (including phenoxy) is 1. The van der Waals surface area contributed by atoms with Crippen molar-refractivity contribution in [3.8, 4) is 11.5 Å². The summed E-state index contributed by atoms with van der Waals surface area (Å²) in [5, 5.41) is 22.1. The molecule has 0 heterocycles. The third kappa shape index (κ3) is 5.63. The molecule has 0 aromatic heterocycles. The topological polar surface area (TPSA) is 113 Å². The van der Waals surface area contributed by atoms with Crippen molar-refractivity contribution in [1.29, 1.82) is 0 Å². The van der Waals surface area contributed by atoms with Gasteiger partial charge in [-0.1, -0.05) is 36.4 Å². The summed E-state index contributed by atoms with van der Waals surface area (Å²) in [5.74, 6) is -0.713. The summed E-state index contributed by atoms with van der Waals surface area (Å²) < 4.78 is 35.1. The molecule has 7 nitrogen and oxygen atoms in total. The lowest BCUT2D eigenvalue weighted by Gasteiger charge is -2.21. The molecular formula is C26H25NO6S2. The zero-order chi connectivity index (χ0) is 25.4. The van der Waals surface area contributed by atoms with Gasteiger partial charge < -0.3 is 14.9 Å². The maximum atomic E-state index is 13.3. The third-order valence-corrected chi connectivity index (χ3v) is 7.47. The minimum Gasteiger partial charge on any atom is -0.506 e. The Bertz CT molecular complexity index is 1540. The SMILES string of the molecule is CC(C)(C)Oc1ccc2cc(S(=O)(=O)Nc3cc(SCC(=O)O)c(O)c4ccccc34)ccc2c1. The van der Waals surface area contributed by atoms with E-state index < -0.39 is 16.0 Å². The summed E-state index contributed by atoms with van der Waals surface area (Å²) >= 11 is 0.917. The van der Waals surface area contributed by atoms with E-state index >= 15 is 0 Å². The minimum atomic E-state index is -3.98. The van der Waals surface area contributed by atoms with Crippen LogP contribution in [0.15, 0.2) is 76.5 Å². The predicted octanol–water partition coefficient (Wildman–Crippen LogP) is 5.85. The van der Waals surface area contributed by atoms with Crippen LogP contribution in [0, 0.1) is 0 Å². The quantitative estimate of drug-likeness (QED) is 0.211. The van der Waals surface area contributed by atoms with Gasteiger partial charge in [-0.05, 0) is 61.9 Å². The van der Waals surface area contributed by atoms with Crippen molar-refractivity contribution < 1.29 is 28.2 Å². The molecule has 182 valence electrons. The lowest BCUT2D eigenvalue weighted by Crippen LogP contribution is -2.22. The first-order valence-corrected chi connectivity index (χ1v) is 13.2. The van der Waals surface area contributed by atoms with Gasteiger partial charge in [0.2, 0.25) is 0 Å². The third-order valence-electron chi connectivity index (χ3n) is 5.09. The number of anilines is 1. The van der Waals surface area contributed by atoms with Crippen molar-refractivity contribution in [2.75, 3.05) is 10.5 Å². The number of aromatic hydroxyl groups is 1. The second-order valence-electron chi connectivity index (χ2n) is 8.99. The molecule has 4 rings (SSSR count). The Hall–Kier alpha value is -3.43. The number of nitrogens with one attached hydrogen (secondary N) is 1. The molecule has 0 radical (unpaired) electrons. The number of hydrogen-bond acceptors (Lipinski definition) is 6. The monoisotopic (exact) mass is 511 g/mol. The number of phenolic OH excluding ortho intramolecular Hbond substituents is 1. The average molecular weight is 512 g/mol. The van der Waals surface area contributed by atoms with Crippen LogP contribution < -0.4 is 9.46 Å². The fraction of sp³-hybridized carbons (Fsp3) is 0.192. The standard InChI is InChI=1S/C26H25NO6S2/c1-26(2,3)33-18-10-8-17-13-19(11-9-16(17)12-18)35(31,32)27-22-14-23(34-15-24(28)29)25(30)21-7-5-4-6-20(21)22/h4-14,27,30H,15H2,1-3H3,(H,28,29). The number of sulfonamides is 1. The lowest BCUT2D eigenvalue weighted by molar-refractivity contribution is -0.133. The van der Waals surface area contributed by atoms with Gasteiger partial charge in [0.1, 0.15) is 17.1 Å². The zero-order valence-electron chi connectivity index (χ0n) is 19.4. The summed E-state index contributed by atoms with van der Waals surface area (Å²) in [5.41, 5.74) is -0.102. The van der Waals surface area contributed by atoms with Gasteiger partial charge in [0.05, 0.1) is 21.2 Å². The van der Waals surface area contributed by atoms with E-state index in [9.17, 15) is 18.3 Å². The number of fused-ring (bicyclic) bond motifs is 2. The fourth-order valence-corrected chi connectivity index (χ4v) is 5.49. The average Bonchev–Trinajstić information content (AvgIpc) is 2.78. The summed E-state index contributed by atoms with van der Waals surface area (Å²) in [7, 11) is -3.98. The van der Waals surface area contributed by atoms with Crippen molar-refractivity contribution >= 4 is 55.0 Å². The van der Waals surface area contributed by atoms with Gasteiger partial charge in [-0.2, -0.15) is 0 Å². The second kappa shape index (κ2) is 9.31. The minimum absolute atomic E-state index is 0.0754. The highest BCUT2D eigenvalue weighted by Gasteiger charge is 2.20. The van der Waals surface area contributed by atoms with Crippen LogP contribution in [0.5, 0.6) is 11.5 Å². The first-order valence-electron chi connectivity index (χ1n) is 10.8. The van der Waals surface area contributed by atoms with Crippen molar-refractivity contribution in [1.82, 2.24) is 0 Å². The molecule has 3 N–H and O–H groups in total. The van der Waals surface area contributed by atoms with Crippen LogP contribution in [-0.4, -0.2) is 36.0 Å². The normalized spacial score (nSPS) is 12.1. The molecule has 0 fully saturated rings. The van der Waals surface area contributed by atoms with Gasteiger partial charge in [-0.25, -0.2) is 8.42 Å². The molecule has 0 spiro atoms. The van der Waals surface area contributed by atoms with Crippen molar-refractivity contribution in [2.45, 2.75) is 36.2 Å². The Labute approximate surface area is 207 Å². The van der Waals surface area contributed by atoms with Crippen molar-refractivity contribution in [2.24, 2.45) is 0 Å². The first kappa shape index (κ1) is 24.7. The van der Waals surface area contributed by atoms with Crippen molar-refractivity contribution in [3.05, 3.63) is 66.7 Å². The van der Waals surface area contributed by atoms with Crippen LogP contribution in [0.2, 0.25) is 0 Å². The molecule has 0 aliphatic rings. The van der Waals surface area contributed by atoms with Crippen molar-refractivity contribution in [3.63, 3.8) is 0 Å². The number of carbonyl (C=O) groups is 1. The van der Waals surface area contributed by atoms with Crippen LogP contribution >= 0.6 is 11.8 Å². The van der Waals surface area contributed by atoms with Crippen LogP contribution in [0.3, 0.4) is 0 Å². The predicted molar refractivity (Wildman–Crippen MR) is 139 cm³/mol. The van der Waals surface area contributed by atoms with E-state index in [1.807, 2.05) is 32.9 Å². The molecule has 0 saturated carbocycles. The zero-order valence-corrected chi connectivity index (χ0v) is 21.0.